The predicted molar refractivity (Wildman–Crippen MR) is 137 cm³/mol. The standard InChI is InChI=1S/C26H37N3O4S/c1-6-18-13-15-19(16-14-18)22(23(30)27-20-11-9-8-10-12-20)29(7-2)24(31)21(17-34)28-25(32)33-26(3,4)5/h1,13-16,20-22,34H,7-12,17H2,2-5H3,(H,27,30)(H,28,32). The normalized spacial score (nSPS) is 16.0. The molecule has 186 valence electrons. The number of carbonyl (C=O) groups is 3. The number of nitrogens with zero attached hydrogens (tertiary/aromatic N) is 1. The fourth-order valence-corrected chi connectivity index (χ4v) is 4.31. The van der Waals surface area contributed by atoms with Gasteiger partial charge in [-0.15, -0.1) is 6.42 Å². The van der Waals surface area contributed by atoms with Gasteiger partial charge < -0.3 is 20.3 Å². The summed E-state index contributed by atoms with van der Waals surface area (Å²) in [6.45, 7) is 7.30. The van der Waals surface area contributed by atoms with Crippen LogP contribution in [0.4, 0.5) is 4.79 Å². The first kappa shape index (κ1) is 27.6. The Morgan fingerprint density at radius 3 is 2.29 bits per heavy atom. The fourth-order valence-electron chi connectivity index (χ4n) is 4.06. The number of rotatable bonds is 8. The van der Waals surface area contributed by atoms with Crippen LogP contribution in [-0.4, -0.2) is 52.8 Å². The van der Waals surface area contributed by atoms with E-state index >= 15 is 0 Å². The van der Waals surface area contributed by atoms with Crippen LogP contribution in [0.3, 0.4) is 0 Å². The molecule has 0 spiro atoms. The molecule has 8 heteroatoms. The van der Waals surface area contributed by atoms with E-state index in [4.69, 9.17) is 11.2 Å². The molecule has 3 amide bonds. The molecule has 2 rings (SSSR count). The zero-order valence-corrected chi connectivity index (χ0v) is 21.5. The van der Waals surface area contributed by atoms with Gasteiger partial charge in [0.25, 0.3) is 0 Å². The van der Waals surface area contributed by atoms with Crippen molar-refractivity contribution in [1.82, 2.24) is 15.5 Å². The Balaban J connectivity index is 2.32. The van der Waals surface area contributed by atoms with Gasteiger partial charge >= 0.3 is 6.09 Å². The van der Waals surface area contributed by atoms with Gasteiger partial charge in [0, 0.05) is 23.9 Å². The maximum absolute atomic E-state index is 13.5. The Morgan fingerprint density at radius 2 is 1.79 bits per heavy atom. The van der Waals surface area contributed by atoms with Gasteiger partial charge in [-0.3, -0.25) is 9.59 Å². The second kappa shape index (κ2) is 12.7. The predicted octanol–water partition coefficient (Wildman–Crippen LogP) is 3.83. The average Bonchev–Trinajstić information content (AvgIpc) is 2.80. The number of terminal acetylenes is 1. The van der Waals surface area contributed by atoms with Crippen LogP contribution in [0.1, 0.15) is 77.0 Å². The van der Waals surface area contributed by atoms with E-state index in [-0.39, 0.29) is 24.2 Å². The van der Waals surface area contributed by atoms with E-state index in [0.717, 1.165) is 25.7 Å². The minimum Gasteiger partial charge on any atom is -0.444 e. The minimum atomic E-state index is -0.951. The number of nitrogens with one attached hydrogen (secondary N) is 2. The topological polar surface area (TPSA) is 87.7 Å². The number of hydrogen-bond donors (Lipinski definition) is 3. The summed E-state index contributed by atoms with van der Waals surface area (Å²) in [7, 11) is 0. The Labute approximate surface area is 208 Å². The summed E-state index contributed by atoms with van der Waals surface area (Å²) < 4.78 is 5.30. The summed E-state index contributed by atoms with van der Waals surface area (Å²) in [5.41, 5.74) is 0.627. The lowest BCUT2D eigenvalue weighted by Crippen LogP contribution is -2.54. The van der Waals surface area contributed by atoms with Crippen molar-refractivity contribution in [3.05, 3.63) is 35.4 Å². The van der Waals surface area contributed by atoms with Gasteiger partial charge in [-0.05, 0) is 58.2 Å². The molecular formula is C26H37N3O4S. The Morgan fingerprint density at radius 1 is 1.18 bits per heavy atom. The van der Waals surface area contributed by atoms with Gasteiger partial charge in [-0.2, -0.15) is 12.6 Å². The summed E-state index contributed by atoms with van der Waals surface area (Å²) in [6.07, 6.45) is 9.94. The number of benzene rings is 1. The summed E-state index contributed by atoms with van der Waals surface area (Å²) in [6, 6.07) is 5.32. The van der Waals surface area contributed by atoms with Gasteiger partial charge in [-0.25, -0.2) is 4.79 Å². The van der Waals surface area contributed by atoms with Crippen LogP contribution in [0.5, 0.6) is 0 Å². The van der Waals surface area contributed by atoms with Gasteiger partial charge in [0.15, 0.2) is 0 Å². The van der Waals surface area contributed by atoms with Crippen LogP contribution in [-0.2, 0) is 14.3 Å². The van der Waals surface area contributed by atoms with Crippen LogP contribution >= 0.6 is 12.6 Å². The van der Waals surface area contributed by atoms with Crippen molar-refractivity contribution in [2.45, 2.75) is 83.5 Å². The lowest BCUT2D eigenvalue weighted by molar-refractivity contribution is -0.142. The smallest absolute Gasteiger partial charge is 0.408 e. The molecular weight excluding hydrogens is 450 g/mol. The van der Waals surface area contributed by atoms with Gasteiger partial charge in [0.2, 0.25) is 11.8 Å². The molecule has 1 saturated carbocycles. The molecule has 0 heterocycles. The first-order valence-electron chi connectivity index (χ1n) is 11.9. The molecule has 1 aromatic rings. The second-order valence-electron chi connectivity index (χ2n) is 9.52. The molecule has 1 aliphatic carbocycles. The molecule has 1 aliphatic rings. The molecule has 1 aromatic carbocycles. The van der Waals surface area contributed by atoms with E-state index in [1.54, 1.807) is 52.0 Å². The maximum atomic E-state index is 13.5. The van der Waals surface area contributed by atoms with Crippen LogP contribution in [0, 0.1) is 12.3 Å². The summed E-state index contributed by atoms with van der Waals surface area (Å²) >= 11 is 4.27. The average molecular weight is 488 g/mol. The monoisotopic (exact) mass is 487 g/mol. The summed E-state index contributed by atoms with van der Waals surface area (Å²) in [4.78, 5) is 40.8. The van der Waals surface area contributed by atoms with Gasteiger partial charge in [-0.1, -0.05) is 37.3 Å². The third-order valence-corrected chi connectivity index (χ3v) is 6.07. The van der Waals surface area contributed by atoms with Crippen LogP contribution in [0.25, 0.3) is 0 Å². The van der Waals surface area contributed by atoms with Crippen molar-refractivity contribution in [2.24, 2.45) is 0 Å². The maximum Gasteiger partial charge on any atom is 0.408 e. The van der Waals surface area contributed by atoms with E-state index in [2.05, 4.69) is 29.2 Å². The number of alkyl carbamates (subject to hydrolysis) is 1. The molecule has 0 radical (unpaired) electrons. The first-order chi connectivity index (χ1) is 16.1. The zero-order chi connectivity index (χ0) is 25.3. The molecule has 7 nitrogen and oxygen atoms in total. The van der Waals surface area contributed by atoms with E-state index in [0.29, 0.717) is 11.1 Å². The summed E-state index contributed by atoms with van der Waals surface area (Å²) in [5, 5.41) is 5.74. The van der Waals surface area contributed by atoms with Crippen molar-refractivity contribution < 1.29 is 19.1 Å². The number of hydrogen-bond acceptors (Lipinski definition) is 5. The molecule has 2 N–H and O–H groups in total. The van der Waals surface area contributed by atoms with E-state index < -0.39 is 29.7 Å². The first-order valence-corrected chi connectivity index (χ1v) is 12.5. The van der Waals surface area contributed by atoms with Crippen molar-refractivity contribution in [1.29, 1.82) is 0 Å². The molecule has 0 aromatic heterocycles. The number of ether oxygens (including phenoxy) is 1. The van der Waals surface area contributed by atoms with Crippen molar-refractivity contribution in [2.75, 3.05) is 12.3 Å². The van der Waals surface area contributed by atoms with Gasteiger partial charge in [0.05, 0.1) is 0 Å². The minimum absolute atomic E-state index is 0.0571. The summed E-state index contributed by atoms with van der Waals surface area (Å²) in [5.74, 6) is 1.97. The number of thiol groups is 1. The highest BCUT2D eigenvalue weighted by molar-refractivity contribution is 7.80. The van der Waals surface area contributed by atoms with Crippen molar-refractivity contribution >= 4 is 30.5 Å². The van der Waals surface area contributed by atoms with E-state index in [9.17, 15) is 14.4 Å². The Kier molecular flexibility index (Phi) is 10.3. The molecule has 0 bridgehead atoms. The lowest BCUT2D eigenvalue weighted by atomic mass is 9.94. The lowest BCUT2D eigenvalue weighted by Gasteiger charge is -2.34. The SMILES string of the molecule is C#Cc1ccc(C(C(=O)NC2CCCCC2)N(CC)C(=O)C(CS)NC(=O)OC(C)(C)C)cc1. The van der Waals surface area contributed by atoms with E-state index in [1.807, 2.05) is 0 Å². The van der Waals surface area contributed by atoms with Crippen LogP contribution in [0.2, 0.25) is 0 Å². The number of likely N-dealkylation sites (N-methyl/N-ethyl adjacent to an activating group) is 1. The Hall–Kier alpha value is -2.66. The van der Waals surface area contributed by atoms with E-state index in [1.165, 1.54) is 11.3 Å². The largest absolute Gasteiger partial charge is 0.444 e. The molecule has 34 heavy (non-hydrogen) atoms. The van der Waals surface area contributed by atoms with Crippen LogP contribution in [0.15, 0.2) is 24.3 Å². The quantitative estimate of drug-likeness (QED) is 0.384. The molecule has 0 aliphatic heterocycles. The number of carbonyl (C=O) groups excluding carboxylic acids is 3. The zero-order valence-electron chi connectivity index (χ0n) is 20.6. The highest BCUT2D eigenvalue weighted by atomic mass is 32.1. The fraction of sp³-hybridized carbons (Fsp3) is 0.577. The van der Waals surface area contributed by atoms with Crippen molar-refractivity contribution in [3.63, 3.8) is 0 Å². The molecule has 1 fully saturated rings. The second-order valence-corrected chi connectivity index (χ2v) is 9.88. The molecule has 2 atom stereocenters. The highest BCUT2D eigenvalue weighted by Gasteiger charge is 2.35. The van der Waals surface area contributed by atoms with Gasteiger partial charge in [0.1, 0.15) is 17.7 Å². The number of amides is 3. The van der Waals surface area contributed by atoms with Crippen molar-refractivity contribution in [3.8, 4) is 12.3 Å². The molecule has 0 saturated heterocycles. The third-order valence-electron chi connectivity index (χ3n) is 5.70. The molecule has 2 unspecified atom stereocenters. The highest BCUT2D eigenvalue weighted by Crippen LogP contribution is 2.25. The Bertz CT molecular complexity index is 883. The third kappa shape index (κ3) is 7.98. The van der Waals surface area contributed by atoms with Crippen LogP contribution < -0.4 is 10.6 Å².